The molecule has 94 valence electrons. The highest BCUT2D eigenvalue weighted by Crippen LogP contribution is 2.15. The Balaban J connectivity index is 3.32. The SMILES string of the molecule is CN(C)Cc1ccc(B(O)O)cc1S(C)(=O)=O. The van der Waals surface area contributed by atoms with E-state index < -0.39 is 17.0 Å². The fourth-order valence-corrected chi connectivity index (χ4v) is 2.51. The molecule has 5 nitrogen and oxygen atoms in total. The predicted molar refractivity (Wildman–Crippen MR) is 66.8 cm³/mol. The molecule has 7 heteroatoms. The highest BCUT2D eigenvalue weighted by atomic mass is 32.2. The molecule has 0 radical (unpaired) electrons. The van der Waals surface area contributed by atoms with Crippen molar-refractivity contribution < 1.29 is 18.5 Å². The minimum absolute atomic E-state index is 0.136. The summed E-state index contributed by atoms with van der Waals surface area (Å²) in [6.07, 6.45) is 1.11. The van der Waals surface area contributed by atoms with Gasteiger partial charge in [-0.05, 0) is 31.2 Å². The van der Waals surface area contributed by atoms with Crippen molar-refractivity contribution in [2.45, 2.75) is 11.4 Å². The molecule has 1 aromatic rings. The van der Waals surface area contributed by atoms with Crippen molar-refractivity contribution in [2.24, 2.45) is 0 Å². The van der Waals surface area contributed by atoms with E-state index in [4.69, 9.17) is 10.0 Å². The third-order valence-electron chi connectivity index (χ3n) is 2.28. The first-order valence-electron chi connectivity index (χ1n) is 5.05. The van der Waals surface area contributed by atoms with Crippen LogP contribution in [0.5, 0.6) is 0 Å². The molecule has 0 unspecified atom stereocenters. The maximum absolute atomic E-state index is 11.6. The standard InChI is InChI=1S/C10H16BNO4S/c1-12(2)7-8-4-5-9(11(13)14)6-10(8)17(3,15)16/h4-6,13-14H,7H2,1-3H3. The molecule has 17 heavy (non-hydrogen) atoms. The zero-order chi connectivity index (χ0) is 13.2. The van der Waals surface area contributed by atoms with E-state index >= 15 is 0 Å². The fraction of sp³-hybridized carbons (Fsp3) is 0.400. The lowest BCUT2D eigenvalue weighted by Gasteiger charge is -2.14. The summed E-state index contributed by atoms with van der Waals surface area (Å²) in [4.78, 5) is 1.98. The third kappa shape index (κ3) is 3.81. The van der Waals surface area contributed by atoms with E-state index in [1.807, 2.05) is 19.0 Å². The molecule has 0 amide bonds. The van der Waals surface area contributed by atoms with Crippen molar-refractivity contribution in [3.63, 3.8) is 0 Å². The third-order valence-corrected chi connectivity index (χ3v) is 3.45. The molecule has 1 aromatic carbocycles. The summed E-state index contributed by atoms with van der Waals surface area (Å²) in [7, 11) is -1.38. The summed E-state index contributed by atoms with van der Waals surface area (Å²) in [5.74, 6) is 0. The molecule has 0 saturated heterocycles. The van der Waals surface area contributed by atoms with Crippen molar-refractivity contribution in [2.75, 3.05) is 20.4 Å². The largest absolute Gasteiger partial charge is 0.488 e. The molecule has 0 aliphatic carbocycles. The summed E-state index contributed by atoms with van der Waals surface area (Å²) in [6.45, 7) is 0.476. The minimum Gasteiger partial charge on any atom is -0.423 e. The van der Waals surface area contributed by atoms with Gasteiger partial charge in [-0.25, -0.2) is 8.42 Å². The maximum atomic E-state index is 11.6. The normalized spacial score (nSPS) is 11.9. The van der Waals surface area contributed by atoms with Crippen LogP contribution < -0.4 is 5.46 Å². The van der Waals surface area contributed by atoms with E-state index in [9.17, 15) is 8.42 Å². The van der Waals surface area contributed by atoms with E-state index in [0.29, 0.717) is 12.1 Å². The summed E-state index contributed by atoms with van der Waals surface area (Å²) in [5, 5.41) is 18.1. The first-order chi connectivity index (χ1) is 7.71. The van der Waals surface area contributed by atoms with Crippen LogP contribution in [-0.2, 0) is 16.4 Å². The second-order valence-corrected chi connectivity index (χ2v) is 6.23. The number of sulfone groups is 1. The Bertz CT molecular complexity index is 499. The Kier molecular flexibility index (Phi) is 4.32. The minimum atomic E-state index is -3.38. The molecule has 0 saturated carbocycles. The van der Waals surface area contributed by atoms with Crippen LogP contribution in [0.1, 0.15) is 5.56 Å². The van der Waals surface area contributed by atoms with Gasteiger partial charge in [-0.3, -0.25) is 0 Å². The van der Waals surface area contributed by atoms with Gasteiger partial charge in [0.2, 0.25) is 0 Å². The number of benzene rings is 1. The molecule has 0 heterocycles. The van der Waals surface area contributed by atoms with Crippen LogP contribution in [0, 0.1) is 0 Å². The van der Waals surface area contributed by atoms with Crippen LogP contribution in [-0.4, -0.2) is 50.8 Å². The van der Waals surface area contributed by atoms with Gasteiger partial charge in [0.1, 0.15) is 0 Å². The van der Waals surface area contributed by atoms with Gasteiger partial charge in [0.25, 0.3) is 0 Å². The van der Waals surface area contributed by atoms with Crippen LogP contribution in [0.2, 0.25) is 0 Å². The van der Waals surface area contributed by atoms with E-state index in [0.717, 1.165) is 6.26 Å². The Hall–Kier alpha value is -0.885. The zero-order valence-corrected chi connectivity index (χ0v) is 10.9. The summed E-state index contributed by atoms with van der Waals surface area (Å²) in [6, 6.07) is 4.42. The zero-order valence-electron chi connectivity index (χ0n) is 10.1. The van der Waals surface area contributed by atoms with Gasteiger partial charge in [0.15, 0.2) is 9.84 Å². The smallest absolute Gasteiger partial charge is 0.423 e. The van der Waals surface area contributed by atoms with Crippen molar-refractivity contribution in [3.05, 3.63) is 23.8 Å². The number of rotatable bonds is 4. The van der Waals surface area contributed by atoms with Gasteiger partial charge in [-0.2, -0.15) is 0 Å². The quantitative estimate of drug-likeness (QED) is 0.665. The van der Waals surface area contributed by atoms with Crippen LogP contribution in [0.15, 0.2) is 23.1 Å². The summed E-state index contributed by atoms with van der Waals surface area (Å²) in [5.41, 5.74) is 0.815. The monoisotopic (exact) mass is 257 g/mol. The topological polar surface area (TPSA) is 77.8 Å². The fourth-order valence-electron chi connectivity index (χ4n) is 1.55. The maximum Gasteiger partial charge on any atom is 0.488 e. The second kappa shape index (κ2) is 5.18. The number of hydrogen-bond donors (Lipinski definition) is 2. The number of hydrogen-bond acceptors (Lipinski definition) is 5. The van der Waals surface area contributed by atoms with Gasteiger partial charge >= 0.3 is 7.12 Å². The van der Waals surface area contributed by atoms with Gasteiger partial charge in [0.05, 0.1) is 4.90 Å². The molecule has 1 rings (SSSR count). The molecule has 0 aromatic heterocycles. The van der Waals surface area contributed by atoms with Crippen LogP contribution >= 0.6 is 0 Å². The molecular weight excluding hydrogens is 241 g/mol. The van der Waals surface area contributed by atoms with Gasteiger partial charge in [0, 0.05) is 12.8 Å². The van der Waals surface area contributed by atoms with Crippen LogP contribution in [0.25, 0.3) is 0 Å². The highest BCUT2D eigenvalue weighted by molar-refractivity contribution is 7.90. The van der Waals surface area contributed by atoms with E-state index in [1.54, 1.807) is 6.07 Å². The molecular formula is C10H16BNO4S. The Morgan fingerprint density at radius 2 is 1.88 bits per heavy atom. The molecule has 0 aliphatic rings. The van der Waals surface area contributed by atoms with Crippen molar-refractivity contribution >= 4 is 22.4 Å². The Morgan fingerprint density at radius 3 is 2.29 bits per heavy atom. The van der Waals surface area contributed by atoms with E-state index in [2.05, 4.69) is 0 Å². The molecule has 0 atom stereocenters. The first-order valence-corrected chi connectivity index (χ1v) is 6.94. The average Bonchev–Trinajstić information content (AvgIpc) is 2.15. The molecule has 0 spiro atoms. The summed E-state index contributed by atoms with van der Waals surface area (Å²) < 4.78 is 23.3. The lowest BCUT2D eigenvalue weighted by atomic mass is 9.80. The van der Waals surface area contributed by atoms with Crippen molar-refractivity contribution in [1.82, 2.24) is 4.90 Å². The second-order valence-electron chi connectivity index (χ2n) is 4.25. The van der Waals surface area contributed by atoms with Gasteiger partial charge in [-0.15, -0.1) is 0 Å². The predicted octanol–water partition coefficient (Wildman–Crippen LogP) is -1.17. The Morgan fingerprint density at radius 1 is 1.29 bits per heavy atom. The van der Waals surface area contributed by atoms with E-state index in [-0.39, 0.29) is 10.4 Å². The van der Waals surface area contributed by atoms with Gasteiger partial charge < -0.3 is 14.9 Å². The lowest BCUT2D eigenvalue weighted by molar-refractivity contribution is 0.398. The molecule has 0 aliphatic heterocycles. The summed E-state index contributed by atoms with van der Waals surface area (Å²) >= 11 is 0. The highest BCUT2D eigenvalue weighted by Gasteiger charge is 2.18. The Labute approximate surface area is 102 Å². The molecule has 2 N–H and O–H groups in total. The average molecular weight is 257 g/mol. The molecule has 0 bridgehead atoms. The lowest BCUT2D eigenvalue weighted by Crippen LogP contribution is -2.31. The first kappa shape index (κ1) is 14.2. The molecule has 0 fully saturated rings. The van der Waals surface area contributed by atoms with E-state index in [1.165, 1.54) is 12.1 Å². The van der Waals surface area contributed by atoms with Crippen molar-refractivity contribution in [3.8, 4) is 0 Å². The van der Waals surface area contributed by atoms with Crippen molar-refractivity contribution in [1.29, 1.82) is 0 Å². The van der Waals surface area contributed by atoms with Gasteiger partial charge in [-0.1, -0.05) is 12.1 Å². The van der Waals surface area contributed by atoms with Crippen LogP contribution in [0.4, 0.5) is 0 Å². The number of nitrogens with zero attached hydrogens (tertiary/aromatic N) is 1. The van der Waals surface area contributed by atoms with Crippen LogP contribution in [0.3, 0.4) is 0 Å².